The van der Waals surface area contributed by atoms with Crippen molar-refractivity contribution in [2.75, 3.05) is 19.5 Å². The Bertz CT molecular complexity index is 844. The number of hydrogen-bond acceptors (Lipinski definition) is 7. The first-order chi connectivity index (χ1) is 13.0. The van der Waals surface area contributed by atoms with Crippen LogP contribution in [0, 0.1) is 0 Å². The van der Waals surface area contributed by atoms with E-state index in [1.54, 1.807) is 0 Å². The van der Waals surface area contributed by atoms with Crippen molar-refractivity contribution in [3.63, 3.8) is 0 Å². The molecule has 27 heavy (non-hydrogen) atoms. The van der Waals surface area contributed by atoms with Gasteiger partial charge in [0, 0.05) is 18.8 Å². The number of aryl methyl sites for hydroxylation is 1. The maximum Gasteiger partial charge on any atom is 0.335 e. The molecule has 0 bridgehead atoms. The Hall–Kier alpha value is -3.10. The van der Waals surface area contributed by atoms with Gasteiger partial charge in [-0.1, -0.05) is 5.16 Å². The number of aromatic carboxylic acids is 1. The summed E-state index contributed by atoms with van der Waals surface area (Å²) in [5.74, 6) is 0.783. The predicted molar refractivity (Wildman–Crippen MR) is 94.3 cm³/mol. The summed E-state index contributed by atoms with van der Waals surface area (Å²) in [5.41, 5.74) is 0.231. The Labute approximate surface area is 155 Å². The molecule has 0 aliphatic heterocycles. The lowest BCUT2D eigenvalue weighted by molar-refractivity contribution is -0.116. The summed E-state index contributed by atoms with van der Waals surface area (Å²) >= 11 is 0. The van der Waals surface area contributed by atoms with Crippen LogP contribution in [0.2, 0.25) is 0 Å². The summed E-state index contributed by atoms with van der Waals surface area (Å²) in [5, 5.41) is 15.8. The van der Waals surface area contributed by atoms with Crippen LogP contribution in [0.25, 0.3) is 0 Å². The van der Waals surface area contributed by atoms with E-state index in [4.69, 9.17) is 14.0 Å². The van der Waals surface area contributed by atoms with Gasteiger partial charge in [0.25, 0.3) is 0 Å². The maximum absolute atomic E-state index is 12.3. The third-order valence-electron chi connectivity index (χ3n) is 4.22. The van der Waals surface area contributed by atoms with Crippen molar-refractivity contribution < 1.29 is 28.7 Å². The zero-order valence-electron chi connectivity index (χ0n) is 15.2. The van der Waals surface area contributed by atoms with E-state index in [9.17, 15) is 14.7 Å². The Balaban J connectivity index is 1.60. The van der Waals surface area contributed by atoms with Gasteiger partial charge in [-0.3, -0.25) is 4.79 Å². The molecule has 1 aliphatic rings. The molecule has 0 unspecified atom stereocenters. The molecule has 1 saturated carbocycles. The molecule has 1 aromatic heterocycles. The number of rotatable bonds is 9. The first-order valence-electron chi connectivity index (χ1n) is 8.63. The van der Waals surface area contributed by atoms with Crippen molar-refractivity contribution in [2.45, 2.75) is 38.0 Å². The van der Waals surface area contributed by atoms with E-state index in [0.717, 1.165) is 18.7 Å². The average molecular weight is 375 g/mol. The Morgan fingerprint density at radius 3 is 2.70 bits per heavy atom. The second-order valence-electron chi connectivity index (χ2n) is 6.29. The predicted octanol–water partition coefficient (Wildman–Crippen LogP) is 2.62. The minimum absolute atomic E-state index is 0.0126. The molecule has 0 spiro atoms. The number of carboxylic acids is 1. The zero-order valence-corrected chi connectivity index (χ0v) is 15.2. The highest BCUT2D eigenvalue weighted by Crippen LogP contribution is 2.38. The molecule has 1 amide bonds. The van der Waals surface area contributed by atoms with Crippen LogP contribution < -0.4 is 14.8 Å². The van der Waals surface area contributed by atoms with Gasteiger partial charge in [-0.2, -0.15) is 4.98 Å². The van der Waals surface area contributed by atoms with Gasteiger partial charge in [-0.05, 0) is 31.4 Å². The van der Waals surface area contributed by atoms with Crippen LogP contribution in [-0.4, -0.2) is 41.3 Å². The molecule has 0 atom stereocenters. The lowest BCUT2D eigenvalue weighted by Gasteiger charge is -2.14. The molecule has 3 rings (SSSR count). The summed E-state index contributed by atoms with van der Waals surface area (Å²) in [6.07, 6.45) is 3.44. The molecule has 1 heterocycles. The number of benzene rings is 1. The first-order valence-corrected chi connectivity index (χ1v) is 8.63. The summed E-state index contributed by atoms with van der Waals surface area (Å²) in [6.45, 7) is 0. The Morgan fingerprint density at radius 2 is 2.07 bits per heavy atom. The standard InChI is InChI=1S/C18H21N3O6/c1-25-13-9-11(18(23)24)8-12(16(13)26-2)19-14(22)4-3-5-15-20-17(21-27-15)10-6-7-10/h8-10H,3-7H2,1-2H3,(H,19,22)(H,23,24). The van der Waals surface area contributed by atoms with Crippen molar-refractivity contribution >= 4 is 17.6 Å². The maximum atomic E-state index is 12.3. The molecule has 1 aliphatic carbocycles. The molecular weight excluding hydrogens is 354 g/mol. The number of amides is 1. The van der Waals surface area contributed by atoms with Crippen molar-refractivity contribution in [3.8, 4) is 11.5 Å². The third-order valence-corrected chi connectivity index (χ3v) is 4.22. The van der Waals surface area contributed by atoms with Gasteiger partial charge >= 0.3 is 5.97 Å². The van der Waals surface area contributed by atoms with E-state index < -0.39 is 5.97 Å². The van der Waals surface area contributed by atoms with Gasteiger partial charge in [0.2, 0.25) is 11.8 Å². The van der Waals surface area contributed by atoms with Gasteiger partial charge in [-0.25, -0.2) is 4.79 Å². The minimum Gasteiger partial charge on any atom is -0.493 e. The number of carbonyl (C=O) groups excluding carboxylic acids is 1. The smallest absolute Gasteiger partial charge is 0.335 e. The summed E-state index contributed by atoms with van der Waals surface area (Å²) in [4.78, 5) is 27.8. The molecule has 9 nitrogen and oxygen atoms in total. The van der Waals surface area contributed by atoms with E-state index in [1.165, 1.54) is 26.4 Å². The van der Waals surface area contributed by atoms with Crippen LogP contribution >= 0.6 is 0 Å². The summed E-state index contributed by atoms with van der Waals surface area (Å²) in [7, 11) is 2.82. The van der Waals surface area contributed by atoms with Crippen molar-refractivity contribution in [3.05, 3.63) is 29.4 Å². The third kappa shape index (κ3) is 4.55. The number of aromatic nitrogens is 2. The van der Waals surface area contributed by atoms with E-state index >= 15 is 0 Å². The van der Waals surface area contributed by atoms with Gasteiger partial charge in [-0.15, -0.1) is 0 Å². The number of nitrogens with zero attached hydrogens (tertiary/aromatic N) is 2. The van der Waals surface area contributed by atoms with Crippen molar-refractivity contribution in [1.29, 1.82) is 0 Å². The fourth-order valence-electron chi connectivity index (χ4n) is 2.67. The normalized spacial score (nSPS) is 13.3. The van der Waals surface area contributed by atoms with Crippen LogP contribution in [0.5, 0.6) is 11.5 Å². The molecule has 144 valence electrons. The second kappa shape index (κ2) is 8.07. The van der Waals surface area contributed by atoms with E-state index in [1.807, 2.05) is 0 Å². The highest BCUT2D eigenvalue weighted by molar-refractivity contribution is 5.96. The molecule has 1 aromatic carbocycles. The van der Waals surface area contributed by atoms with Gasteiger partial charge < -0.3 is 24.4 Å². The number of ether oxygens (including phenoxy) is 2. The Morgan fingerprint density at radius 1 is 1.30 bits per heavy atom. The van der Waals surface area contributed by atoms with Crippen LogP contribution in [0.1, 0.15) is 53.7 Å². The largest absolute Gasteiger partial charge is 0.493 e. The number of anilines is 1. The van der Waals surface area contributed by atoms with Gasteiger partial charge in [0.05, 0.1) is 25.5 Å². The van der Waals surface area contributed by atoms with Crippen molar-refractivity contribution in [2.24, 2.45) is 0 Å². The number of methoxy groups -OCH3 is 2. The zero-order chi connectivity index (χ0) is 19.4. The van der Waals surface area contributed by atoms with Crippen molar-refractivity contribution in [1.82, 2.24) is 10.1 Å². The monoisotopic (exact) mass is 375 g/mol. The molecule has 0 saturated heterocycles. The van der Waals surface area contributed by atoms with Crippen LogP contribution in [0.15, 0.2) is 16.7 Å². The SMILES string of the molecule is COc1cc(C(=O)O)cc(NC(=O)CCCc2nc(C3CC3)no2)c1OC. The molecule has 2 aromatic rings. The van der Waals surface area contributed by atoms with Gasteiger partial charge in [0.15, 0.2) is 17.3 Å². The number of nitrogens with one attached hydrogen (secondary N) is 1. The highest BCUT2D eigenvalue weighted by Gasteiger charge is 2.28. The fourth-order valence-corrected chi connectivity index (χ4v) is 2.67. The molecule has 1 fully saturated rings. The van der Waals surface area contributed by atoms with E-state index in [2.05, 4.69) is 15.5 Å². The van der Waals surface area contributed by atoms with Crippen LogP contribution in [0.4, 0.5) is 5.69 Å². The number of hydrogen-bond donors (Lipinski definition) is 2. The lowest BCUT2D eigenvalue weighted by atomic mass is 10.1. The lowest BCUT2D eigenvalue weighted by Crippen LogP contribution is -2.13. The summed E-state index contributed by atoms with van der Waals surface area (Å²) in [6, 6.07) is 2.67. The topological polar surface area (TPSA) is 124 Å². The van der Waals surface area contributed by atoms with E-state index in [-0.39, 0.29) is 35.1 Å². The first kappa shape index (κ1) is 18.7. The van der Waals surface area contributed by atoms with E-state index in [0.29, 0.717) is 24.7 Å². The average Bonchev–Trinajstić information content (AvgIpc) is 3.40. The van der Waals surface area contributed by atoms with Crippen LogP contribution in [-0.2, 0) is 11.2 Å². The minimum atomic E-state index is -1.13. The quantitative estimate of drug-likeness (QED) is 0.685. The Kier molecular flexibility index (Phi) is 5.58. The molecule has 0 radical (unpaired) electrons. The second-order valence-corrected chi connectivity index (χ2v) is 6.29. The van der Waals surface area contributed by atoms with Gasteiger partial charge in [0.1, 0.15) is 0 Å². The number of carbonyl (C=O) groups is 2. The molecule has 9 heteroatoms. The molecule has 2 N–H and O–H groups in total. The molecular formula is C18H21N3O6. The summed E-state index contributed by atoms with van der Waals surface area (Å²) < 4.78 is 15.6. The van der Waals surface area contributed by atoms with Crippen LogP contribution in [0.3, 0.4) is 0 Å². The number of carboxylic acid groups (broad SMARTS) is 1. The fraction of sp³-hybridized carbons (Fsp3) is 0.444. The highest BCUT2D eigenvalue weighted by atomic mass is 16.5.